The van der Waals surface area contributed by atoms with Gasteiger partial charge >= 0.3 is 6.18 Å². The van der Waals surface area contributed by atoms with Crippen molar-refractivity contribution in [3.8, 4) is 11.8 Å². The first-order chi connectivity index (χ1) is 18.7. The summed E-state index contributed by atoms with van der Waals surface area (Å²) in [7, 11) is 0. The molecular weight excluding hydrogens is 512 g/mol. The van der Waals surface area contributed by atoms with Crippen LogP contribution >= 0.6 is 0 Å². The third kappa shape index (κ3) is 5.99. The second-order valence-corrected chi connectivity index (χ2v) is 9.28. The smallest absolute Gasteiger partial charge is 0.368 e. The molecule has 10 heteroatoms. The second-order valence-electron chi connectivity index (χ2n) is 9.28. The van der Waals surface area contributed by atoms with Crippen molar-refractivity contribution in [2.75, 3.05) is 11.9 Å². The van der Waals surface area contributed by atoms with Crippen LogP contribution in [0.25, 0.3) is 5.69 Å². The van der Waals surface area contributed by atoms with Crippen LogP contribution in [0.1, 0.15) is 51.7 Å². The second kappa shape index (κ2) is 10.7. The maximum atomic E-state index is 14.9. The number of benzene rings is 2. The molecule has 1 aliphatic rings. The first-order valence-corrected chi connectivity index (χ1v) is 12.2. The molecule has 2 heterocycles. The van der Waals surface area contributed by atoms with Crippen LogP contribution in [0.3, 0.4) is 0 Å². The summed E-state index contributed by atoms with van der Waals surface area (Å²) in [5, 5.41) is 11.6. The Bertz CT molecular complexity index is 1540. The predicted molar refractivity (Wildman–Crippen MR) is 135 cm³/mol. The molecule has 6 nitrogen and oxygen atoms in total. The number of hydrogen-bond acceptors (Lipinski definition) is 4. The Kier molecular flexibility index (Phi) is 7.17. The number of ether oxygens (including phenoxy) is 1. The number of pyridine rings is 1. The minimum absolute atomic E-state index is 0.175. The molecule has 1 saturated carbocycles. The topological polar surface area (TPSA) is 79.9 Å². The first-order valence-electron chi connectivity index (χ1n) is 12.2. The zero-order valence-corrected chi connectivity index (χ0v) is 20.5. The maximum Gasteiger partial charge on any atom is 0.417 e. The van der Waals surface area contributed by atoms with Crippen molar-refractivity contribution in [3.05, 3.63) is 113 Å². The Balaban J connectivity index is 1.49. The van der Waals surface area contributed by atoms with E-state index in [1.807, 2.05) is 12.1 Å². The van der Waals surface area contributed by atoms with Gasteiger partial charge in [0.1, 0.15) is 17.6 Å². The van der Waals surface area contributed by atoms with E-state index in [0.717, 1.165) is 29.2 Å². The van der Waals surface area contributed by atoms with Gasteiger partial charge in [-0.3, -0.25) is 9.78 Å². The van der Waals surface area contributed by atoms with E-state index in [-0.39, 0.29) is 22.6 Å². The van der Waals surface area contributed by atoms with Gasteiger partial charge < -0.3 is 14.6 Å². The highest BCUT2D eigenvalue weighted by Gasteiger charge is 2.34. The summed E-state index contributed by atoms with van der Waals surface area (Å²) in [6, 6.07) is 16.1. The van der Waals surface area contributed by atoms with Crippen molar-refractivity contribution in [1.29, 1.82) is 5.26 Å². The van der Waals surface area contributed by atoms with E-state index in [1.54, 1.807) is 18.5 Å². The normalized spacial score (nSPS) is 14.0. The summed E-state index contributed by atoms with van der Waals surface area (Å²) >= 11 is 0. The van der Waals surface area contributed by atoms with Crippen LogP contribution in [-0.2, 0) is 10.9 Å². The third-order valence-electron chi connectivity index (χ3n) is 6.36. The van der Waals surface area contributed by atoms with Crippen LogP contribution in [0.5, 0.6) is 0 Å². The molecule has 2 aromatic heterocycles. The van der Waals surface area contributed by atoms with E-state index in [4.69, 9.17) is 4.74 Å². The van der Waals surface area contributed by atoms with Gasteiger partial charge in [-0.15, -0.1) is 0 Å². The zero-order chi connectivity index (χ0) is 27.6. The molecule has 39 heavy (non-hydrogen) atoms. The van der Waals surface area contributed by atoms with Gasteiger partial charge in [-0.25, -0.2) is 4.39 Å². The molecule has 198 valence electrons. The summed E-state index contributed by atoms with van der Waals surface area (Å²) in [6.07, 6.45) is 0.859. The largest absolute Gasteiger partial charge is 0.417 e. The van der Waals surface area contributed by atoms with Gasteiger partial charge in [0.05, 0.1) is 29.5 Å². The molecule has 1 unspecified atom stereocenters. The number of rotatable bonds is 8. The zero-order valence-electron chi connectivity index (χ0n) is 20.5. The number of alkyl halides is 3. The fourth-order valence-corrected chi connectivity index (χ4v) is 4.15. The van der Waals surface area contributed by atoms with Crippen LogP contribution < -0.4 is 5.32 Å². The summed E-state index contributed by atoms with van der Waals surface area (Å²) in [6.45, 7) is 0.508. The minimum Gasteiger partial charge on any atom is -0.368 e. The number of nitriles is 1. The lowest BCUT2D eigenvalue weighted by atomic mass is 10.0. The number of nitrogens with one attached hydrogen (secondary N) is 1. The summed E-state index contributed by atoms with van der Waals surface area (Å²) in [4.78, 5) is 17.4. The average Bonchev–Trinajstić information content (AvgIpc) is 3.64. The number of halogens is 4. The maximum absolute atomic E-state index is 14.9. The van der Waals surface area contributed by atoms with Crippen molar-refractivity contribution in [2.45, 2.75) is 25.1 Å². The molecule has 0 spiro atoms. The molecule has 1 amide bonds. The van der Waals surface area contributed by atoms with Gasteiger partial charge in [0.15, 0.2) is 0 Å². The van der Waals surface area contributed by atoms with Crippen molar-refractivity contribution < 1.29 is 27.1 Å². The molecular formula is C29H22F4N4O2. The van der Waals surface area contributed by atoms with Crippen molar-refractivity contribution in [1.82, 2.24) is 9.55 Å². The lowest BCUT2D eigenvalue weighted by molar-refractivity contribution is -0.137. The molecule has 0 bridgehead atoms. The highest BCUT2D eigenvalue weighted by molar-refractivity contribution is 6.04. The fourth-order valence-electron chi connectivity index (χ4n) is 4.15. The molecule has 5 rings (SSSR count). The van der Waals surface area contributed by atoms with Crippen LogP contribution in [0.4, 0.5) is 23.2 Å². The predicted octanol–water partition coefficient (Wildman–Crippen LogP) is 6.67. The van der Waals surface area contributed by atoms with Gasteiger partial charge in [0.25, 0.3) is 5.91 Å². The Morgan fingerprint density at radius 3 is 2.64 bits per heavy atom. The summed E-state index contributed by atoms with van der Waals surface area (Å²) in [5.74, 6) is -1.26. The minimum atomic E-state index is -4.73. The molecule has 0 radical (unpaired) electrons. The quantitative estimate of drug-likeness (QED) is 0.256. The first kappa shape index (κ1) is 26.1. The Morgan fingerprint density at radius 1 is 1.13 bits per heavy atom. The molecule has 1 aliphatic carbocycles. The van der Waals surface area contributed by atoms with Crippen LogP contribution in [0.2, 0.25) is 0 Å². The van der Waals surface area contributed by atoms with Crippen molar-refractivity contribution >= 4 is 11.6 Å². The van der Waals surface area contributed by atoms with Gasteiger partial charge in [0, 0.05) is 29.8 Å². The van der Waals surface area contributed by atoms with Gasteiger partial charge in [-0.2, -0.15) is 18.4 Å². The number of hydrogen-bond donors (Lipinski definition) is 1. The van der Waals surface area contributed by atoms with E-state index in [0.29, 0.717) is 24.2 Å². The number of carbonyl (C=O) groups is 1. The van der Waals surface area contributed by atoms with E-state index >= 15 is 0 Å². The molecule has 1 fully saturated rings. The summed E-state index contributed by atoms with van der Waals surface area (Å²) in [5.41, 5.74) is 0.0111. The Morgan fingerprint density at radius 2 is 1.95 bits per heavy atom. The average molecular weight is 535 g/mol. The number of aromatic nitrogens is 2. The van der Waals surface area contributed by atoms with Crippen LogP contribution in [-0.4, -0.2) is 22.1 Å². The standard InChI is InChI=1S/C29H22F4N4O2/c30-24-9-8-20(27(39-17-18-6-7-18)21-4-2-10-35-15-21)12-25(24)36-28(38)26-13-22(29(31,32)33)16-37(26)23-5-1-3-19(11-23)14-34/h1-5,8-13,15-16,18,27H,6-7,17H2,(H,36,38). The van der Waals surface area contributed by atoms with E-state index in [2.05, 4.69) is 10.3 Å². The lowest BCUT2D eigenvalue weighted by Gasteiger charge is -2.20. The number of carbonyl (C=O) groups excluding carboxylic acids is 1. The molecule has 1 atom stereocenters. The fraction of sp³-hybridized carbons (Fsp3) is 0.207. The monoisotopic (exact) mass is 534 g/mol. The van der Waals surface area contributed by atoms with Crippen LogP contribution in [0.15, 0.2) is 79.3 Å². The number of nitrogens with zero attached hydrogens (tertiary/aromatic N) is 3. The Hall–Kier alpha value is -4.49. The number of anilines is 1. The van der Waals surface area contributed by atoms with E-state index < -0.39 is 29.6 Å². The molecule has 0 saturated heterocycles. The Labute approximate surface area is 221 Å². The third-order valence-corrected chi connectivity index (χ3v) is 6.36. The van der Waals surface area contributed by atoms with Crippen LogP contribution in [0, 0.1) is 23.1 Å². The molecule has 1 N–H and O–H groups in total. The highest BCUT2D eigenvalue weighted by Crippen LogP contribution is 2.35. The summed E-state index contributed by atoms with van der Waals surface area (Å²) < 4.78 is 62.7. The highest BCUT2D eigenvalue weighted by atomic mass is 19.4. The number of amides is 1. The van der Waals surface area contributed by atoms with Crippen molar-refractivity contribution in [3.63, 3.8) is 0 Å². The molecule has 2 aromatic carbocycles. The van der Waals surface area contributed by atoms with E-state index in [1.165, 1.54) is 42.5 Å². The van der Waals surface area contributed by atoms with Crippen molar-refractivity contribution in [2.24, 2.45) is 5.92 Å². The SMILES string of the molecule is N#Cc1cccc(-n2cc(C(F)(F)F)cc2C(=O)Nc2cc(C(OCC3CC3)c3cccnc3)ccc2F)c1. The lowest BCUT2D eigenvalue weighted by Crippen LogP contribution is -2.17. The molecule has 0 aliphatic heterocycles. The molecule has 4 aromatic rings. The van der Waals surface area contributed by atoms with Gasteiger partial charge in [0.2, 0.25) is 0 Å². The van der Waals surface area contributed by atoms with E-state index in [9.17, 15) is 27.6 Å². The van der Waals surface area contributed by atoms with Gasteiger partial charge in [-0.05, 0) is 66.8 Å². The van der Waals surface area contributed by atoms with Gasteiger partial charge in [-0.1, -0.05) is 18.2 Å².